The van der Waals surface area contributed by atoms with Crippen molar-refractivity contribution in [1.29, 1.82) is 0 Å². The van der Waals surface area contributed by atoms with Gasteiger partial charge in [-0.3, -0.25) is 4.79 Å². The third kappa shape index (κ3) is 5.12. The second-order valence-electron chi connectivity index (χ2n) is 8.38. The van der Waals surface area contributed by atoms with Gasteiger partial charge in [0, 0.05) is 16.4 Å². The summed E-state index contributed by atoms with van der Waals surface area (Å²) in [7, 11) is 1.54. The van der Waals surface area contributed by atoms with Crippen LogP contribution in [0.2, 0.25) is 5.02 Å². The lowest BCUT2D eigenvalue weighted by Gasteiger charge is -2.29. The molecule has 37 heavy (non-hydrogen) atoms. The van der Waals surface area contributed by atoms with Crippen LogP contribution in [0.4, 0.5) is 16.0 Å². The van der Waals surface area contributed by atoms with E-state index in [-0.39, 0.29) is 18.3 Å². The Morgan fingerprint density at radius 1 is 1.11 bits per heavy atom. The fraction of sp³-hybridized carbons (Fsp3) is 0.148. The molecule has 2 heterocycles. The van der Waals surface area contributed by atoms with E-state index in [2.05, 4.69) is 20.7 Å². The molecule has 2 N–H and O–H groups in total. The Bertz CT molecular complexity index is 1470. The van der Waals surface area contributed by atoms with Crippen LogP contribution in [-0.4, -0.2) is 27.8 Å². The highest BCUT2D eigenvalue weighted by Gasteiger charge is 2.34. The van der Waals surface area contributed by atoms with Crippen LogP contribution in [-0.2, 0) is 11.4 Å². The Morgan fingerprint density at radius 2 is 1.86 bits per heavy atom. The zero-order valence-corrected chi connectivity index (χ0v) is 20.8. The van der Waals surface area contributed by atoms with Crippen molar-refractivity contribution < 1.29 is 18.7 Å². The highest BCUT2D eigenvalue weighted by atomic mass is 35.5. The van der Waals surface area contributed by atoms with Crippen molar-refractivity contribution >= 4 is 29.1 Å². The van der Waals surface area contributed by atoms with Gasteiger partial charge in [0.2, 0.25) is 5.95 Å². The number of benzene rings is 3. The molecule has 10 heteroatoms. The van der Waals surface area contributed by atoms with Gasteiger partial charge in [0.15, 0.2) is 11.5 Å². The molecule has 1 aliphatic rings. The molecule has 1 aliphatic heterocycles. The van der Waals surface area contributed by atoms with Gasteiger partial charge in [0.1, 0.15) is 24.8 Å². The van der Waals surface area contributed by atoms with E-state index in [0.29, 0.717) is 39.4 Å². The van der Waals surface area contributed by atoms with Gasteiger partial charge in [-0.05, 0) is 66.6 Å². The Hall–Kier alpha value is -4.37. The number of carbonyl (C=O) groups excluding carboxylic acids is 1. The quantitative estimate of drug-likeness (QED) is 0.331. The molecule has 1 aromatic heterocycles. The number of methoxy groups -OCH3 is 1. The largest absolute Gasteiger partial charge is 0.493 e. The fourth-order valence-electron chi connectivity index (χ4n) is 4.14. The number of nitrogens with zero attached hydrogens (tertiary/aromatic N) is 3. The summed E-state index contributed by atoms with van der Waals surface area (Å²) in [5.74, 6) is 0.903. The first-order valence-electron chi connectivity index (χ1n) is 11.4. The lowest BCUT2D eigenvalue weighted by atomic mass is 9.94. The van der Waals surface area contributed by atoms with Gasteiger partial charge in [-0.15, -0.1) is 0 Å². The van der Waals surface area contributed by atoms with E-state index in [1.54, 1.807) is 54.3 Å². The summed E-state index contributed by atoms with van der Waals surface area (Å²) >= 11 is 5.98. The van der Waals surface area contributed by atoms with Crippen molar-refractivity contribution in [2.45, 2.75) is 19.6 Å². The molecule has 4 aromatic rings. The predicted octanol–water partition coefficient (Wildman–Crippen LogP) is 5.59. The van der Waals surface area contributed by atoms with Gasteiger partial charge in [-0.2, -0.15) is 10.1 Å². The third-order valence-electron chi connectivity index (χ3n) is 5.95. The molecule has 1 unspecified atom stereocenters. The summed E-state index contributed by atoms with van der Waals surface area (Å²) in [4.78, 5) is 17.8. The smallest absolute Gasteiger partial charge is 0.255 e. The van der Waals surface area contributed by atoms with Crippen molar-refractivity contribution in [3.8, 4) is 11.5 Å². The third-order valence-corrected chi connectivity index (χ3v) is 6.20. The number of amides is 1. The first-order chi connectivity index (χ1) is 17.9. The molecular formula is C27H23ClFN5O3. The van der Waals surface area contributed by atoms with E-state index in [4.69, 9.17) is 21.1 Å². The van der Waals surface area contributed by atoms with Crippen LogP contribution in [0.5, 0.6) is 11.5 Å². The maximum absolute atomic E-state index is 13.5. The average molecular weight is 520 g/mol. The van der Waals surface area contributed by atoms with Gasteiger partial charge in [0.25, 0.3) is 5.91 Å². The number of hydrogen-bond acceptors (Lipinski definition) is 6. The van der Waals surface area contributed by atoms with Crippen molar-refractivity contribution in [2.75, 3.05) is 17.7 Å². The van der Waals surface area contributed by atoms with Gasteiger partial charge in [-0.1, -0.05) is 29.8 Å². The number of nitrogens with one attached hydrogen (secondary N) is 2. The van der Waals surface area contributed by atoms with E-state index < -0.39 is 6.04 Å². The van der Waals surface area contributed by atoms with Crippen LogP contribution >= 0.6 is 11.6 Å². The van der Waals surface area contributed by atoms with E-state index in [1.807, 2.05) is 19.1 Å². The minimum atomic E-state index is -0.578. The van der Waals surface area contributed by atoms with E-state index >= 15 is 0 Å². The van der Waals surface area contributed by atoms with E-state index in [0.717, 1.165) is 11.1 Å². The van der Waals surface area contributed by atoms with Crippen LogP contribution in [0.15, 0.2) is 84.3 Å². The Labute approximate surface area is 217 Å². The minimum Gasteiger partial charge on any atom is -0.493 e. The zero-order valence-electron chi connectivity index (χ0n) is 20.0. The number of halogens is 2. The molecule has 5 rings (SSSR count). The summed E-state index contributed by atoms with van der Waals surface area (Å²) in [6.45, 7) is 2.06. The number of rotatable bonds is 7. The highest BCUT2D eigenvalue weighted by Crippen LogP contribution is 2.39. The van der Waals surface area contributed by atoms with Crippen molar-refractivity contribution in [3.63, 3.8) is 0 Å². The summed E-state index contributed by atoms with van der Waals surface area (Å²) in [6, 6.07) is 17.8. The number of carbonyl (C=O) groups is 1. The monoisotopic (exact) mass is 519 g/mol. The fourth-order valence-corrected chi connectivity index (χ4v) is 4.27. The molecule has 188 valence electrons. The van der Waals surface area contributed by atoms with Crippen molar-refractivity contribution in [2.24, 2.45) is 0 Å². The number of anilines is 2. The molecule has 3 aromatic carbocycles. The normalized spacial score (nSPS) is 14.5. The standard InChI is InChI=1S/C27H23ClFN5O3/c1-16-24(26(35)33-21-10-6-19(28)7-11-21)25(34-27(32-16)30-15-31-34)18-5-12-22(23(13-18)36-2)37-14-17-3-8-20(29)9-4-17/h3-13,15,25H,14H2,1-2H3,(H,33,35)(H,30,31,32). The summed E-state index contributed by atoms with van der Waals surface area (Å²) < 4.78 is 26.4. The number of aromatic nitrogens is 3. The van der Waals surface area contributed by atoms with Crippen LogP contribution in [0, 0.1) is 5.82 Å². The average Bonchev–Trinajstić information content (AvgIpc) is 3.37. The van der Waals surface area contributed by atoms with Crippen LogP contribution in [0.1, 0.15) is 24.1 Å². The second kappa shape index (κ2) is 10.3. The van der Waals surface area contributed by atoms with Crippen molar-refractivity contribution in [1.82, 2.24) is 14.8 Å². The van der Waals surface area contributed by atoms with Gasteiger partial charge >= 0.3 is 0 Å². The molecule has 0 fully saturated rings. The highest BCUT2D eigenvalue weighted by molar-refractivity contribution is 6.30. The van der Waals surface area contributed by atoms with Gasteiger partial charge in [-0.25, -0.2) is 9.07 Å². The summed E-state index contributed by atoms with van der Waals surface area (Å²) in [6.07, 6.45) is 1.43. The molecule has 0 radical (unpaired) electrons. The van der Waals surface area contributed by atoms with Crippen LogP contribution in [0.3, 0.4) is 0 Å². The summed E-state index contributed by atoms with van der Waals surface area (Å²) in [5, 5.41) is 11.0. The Morgan fingerprint density at radius 3 is 2.59 bits per heavy atom. The maximum atomic E-state index is 13.5. The number of allylic oxidation sites excluding steroid dienone is 1. The number of hydrogen-bond donors (Lipinski definition) is 2. The molecule has 0 spiro atoms. The van der Waals surface area contributed by atoms with E-state index in [9.17, 15) is 9.18 Å². The van der Waals surface area contributed by atoms with E-state index in [1.165, 1.54) is 18.5 Å². The molecule has 1 atom stereocenters. The maximum Gasteiger partial charge on any atom is 0.255 e. The SMILES string of the molecule is COc1cc(C2C(C(=O)Nc3ccc(Cl)cc3)=C(C)Nc3ncnn32)ccc1OCc1ccc(F)cc1. The minimum absolute atomic E-state index is 0.240. The lowest BCUT2D eigenvalue weighted by Crippen LogP contribution is -2.31. The lowest BCUT2D eigenvalue weighted by molar-refractivity contribution is -0.113. The van der Waals surface area contributed by atoms with Gasteiger partial charge in [0.05, 0.1) is 12.7 Å². The molecule has 0 aliphatic carbocycles. The molecular weight excluding hydrogens is 497 g/mol. The Kier molecular flexibility index (Phi) is 6.78. The second-order valence-corrected chi connectivity index (χ2v) is 8.82. The number of ether oxygens (including phenoxy) is 2. The Balaban J connectivity index is 1.46. The zero-order chi connectivity index (χ0) is 25.9. The molecule has 0 saturated heterocycles. The molecule has 1 amide bonds. The van der Waals surface area contributed by atoms with Gasteiger partial charge < -0.3 is 20.1 Å². The van der Waals surface area contributed by atoms with Crippen LogP contribution < -0.4 is 20.1 Å². The van der Waals surface area contributed by atoms with Crippen molar-refractivity contribution in [3.05, 3.63) is 106 Å². The summed E-state index contributed by atoms with van der Waals surface area (Å²) in [5.41, 5.74) is 3.29. The van der Waals surface area contributed by atoms with Crippen LogP contribution in [0.25, 0.3) is 0 Å². The predicted molar refractivity (Wildman–Crippen MR) is 138 cm³/mol. The molecule has 0 saturated carbocycles. The first-order valence-corrected chi connectivity index (χ1v) is 11.8. The topological polar surface area (TPSA) is 90.3 Å². The first kappa shape index (κ1) is 24.3. The number of fused-ring (bicyclic) bond motifs is 1. The molecule has 8 nitrogen and oxygen atoms in total. The molecule has 0 bridgehead atoms.